The van der Waals surface area contributed by atoms with Crippen LogP contribution >= 0.6 is 0 Å². The van der Waals surface area contributed by atoms with Crippen molar-refractivity contribution in [3.63, 3.8) is 0 Å². The van der Waals surface area contributed by atoms with Crippen LogP contribution in [0.2, 0.25) is 0 Å². The Labute approximate surface area is 127 Å². The smallest absolute Gasteiger partial charge is 0.153 e. The van der Waals surface area contributed by atoms with E-state index in [1.165, 1.54) is 32.1 Å². The van der Waals surface area contributed by atoms with Crippen molar-refractivity contribution in [3.05, 3.63) is 0 Å². The van der Waals surface area contributed by atoms with E-state index >= 15 is 0 Å². The van der Waals surface area contributed by atoms with Gasteiger partial charge in [0.25, 0.3) is 0 Å². The highest BCUT2D eigenvalue weighted by atomic mass is 16.1. The van der Waals surface area contributed by atoms with Crippen molar-refractivity contribution < 1.29 is 4.79 Å². The molecule has 0 saturated heterocycles. The number of carbonyl (C=O) groups excluding carboxylic acids is 1. The summed E-state index contributed by atoms with van der Waals surface area (Å²) in [5.74, 6) is 0.474. The first-order valence-corrected chi connectivity index (χ1v) is 8.91. The summed E-state index contributed by atoms with van der Waals surface area (Å²) in [6.45, 7) is 12.9. The monoisotopic (exact) mass is 283 g/mol. The third-order valence-electron chi connectivity index (χ3n) is 4.81. The summed E-state index contributed by atoms with van der Waals surface area (Å²) in [7, 11) is 0. The molecule has 0 atom stereocenters. The third kappa shape index (κ3) is 5.55. The van der Waals surface area contributed by atoms with Gasteiger partial charge in [-0.15, -0.1) is 0 Å². The molecular weight excluding hydrogens is 246 g/mol. The van der Waals surface area contributed by atoms with Crippen LogP contribution in [0.4, 0.5) is 0 Å². The highest BCUT2D eigenvalue weighted by Crippen LogP contribution is 2.27. The van der Waals surface area contributed by atoms with Gasteiger partial charge in [0.2, 0.25) is 0 Å². The van der Waals surface area contributed by atoms with Gasteiger partial charge in [-0.25, -0.2) is 0 Å². The van der Waals surface area contributed by atoms with Gasteiger partial charge in [-0.3, -0.25) is 9.69 Å². The van der Waals surface area contributed by atoms with E-state index in [1.807, 2.05) is 0 Å². The number of likely N-dealkylation sites (N-methyl/N-ethyl adjacent to an activating group) is 1. The van der Waals surface area contributed by atoms with Gasteiger partial charge in [0.05, 0.1) is 5.54 Å². The predicted octanol–water partition coefficient (Wildman–Crippen LogP) is 5.21. The molecule has 0 bridgehead atoms. The first-order chi connectivity index (χ1) is 9.62. The Bertz CT molecular complexity index is 242. The van der Waals surface area contributed by atoms with Crippen molar-refractivity contribution in [3.8, 4) is 0 Å². The average Bonchev–Trinajstić information content (AvgIpc) is 2.48. The van der Waals surface area contributed by atoms with Crippen LogP contribution in [0, 0.1) is 0 Å². The van der Waals surface area contributed by atoms with E-state index in [-0.39, 0.29) is 5.54 Å². The van der Waals surface area contributed by atoms with Gasteiger partial charge in [0.1, 0.15) is 0 Å². The number of hydrogen-bond donors (Lipinski definition) is 0. The summed E-state index contributed by atoms with van der Waals surface area (Å²) < 4.78 is 0. The zero-order valence-corrected chi connectivity index (χ0v) is 14.6. The van der Waals surface area contributed by atoms with Crippen molar-refractivity contribution in [2.24, 2.45) is 0 Å². The zero-order chi connectivity index (χ0) is 15.4. The molecule has 0 aliphatic heterocycles. The Morgan fingerprint density at radius 1 is 0.800 bits per heavy atom. The Morgan fingerprint density at radius 2 is 1.30 bits per heavy atom. The van der Waals surface area contributed by atoms with E-state index in [1.54, 1.807) is 0 Å². The third-order valence-corrected chi connectivity index (χ3v) is 4.81. The van der Waals surface area contributed by atoms with Crippen LogP contribution < -0.4 is 0 Å². The van der Waals surface area contributed by atoms with Crippen LogP contribution in [0.3, 0.4) is 0 Å². The van der Waals surface area contributed by atoms with E-state index in [0.29, 0.717) is 5.78 Å². The van der Waals surface area contributed by atoms with E-state index < -0.39 is 0 Å². The Balaban J connectivity index is 4.36. The molecule has 0 amide bonds. The Hall–Kier alpha value is -0.370. The largest absolute Gasteiger partial charge is 0.298 e. The van der Waals surface area contributed by atoms with E-state index in [9.17, 15) is 4.79 Å². The molecule has 2 nitrogen and oxygen atoms in total. The fourth-order valence-corrected chi connectivity index (χ4v) is 3.40. The van der Waals surface area contributed by atoms with Crippen molar-refractivity contribution in [1.29, 1.82) is 0 Å². The quantitative estimate of drug-likeness (QED) is 0.433. The number of nitrogens with zero attached hydrogens (tertiary/aromatic N) is 1. The summed E-state index contributed by atoms with van der Waals surface area (Å²) in [6, 6.07) is 0. The Kier molecular flexibility index (Phi) is 11.1. The lowest BCUT2D eigenvalue weighted by atomic mass is 9.83. The second kappa shape index (κ2) is 11.3. The fraction of sp³-hybridized carbons (Fsp3) is 0.944. The molecular formula is C18H37NO. The van der Waals surface area contributed by atoms with Crippen molar-refractivity contribution in [2.75, 3.05) is 13.1 Å². The summed E-state index contributed by atoms with van der Waals surface area (Å²) in [6.07, 6.45) is 10.2. The van der Waals surface area contributed by atoms with Crippen LogP contribution in [0.25, 0.3) is 0 Å². The Morgan fingerprint density at radius 3 is 1.75 bits per heavy atom. The van der Waals surface area contributed by atoms with E-state index in [0.717, 1.165) is 38.8 Å². The molecule has 0 rings (SSSR count). The van der Waals surface area contributed by atoms with Gasteiger partial charge >= 0.3 is 0 Å². The van der Waals surface area contributed by atoms with Crippen molar-refractivity contribution >= 4 is 5.78 Å². The maximum atomic E-state index is 12.7. The molecule has 2 heteroatoms. The number of rotatable bonds is 13. The molecule has 0 fully saturated rings. The molecule has 0 aliphatic carbocycles. The maximum Gasteiger partial charge on any atom is 0.153 e. The van der Waals surface area contributed by atoms with Crippen LogP contribution in [0.1, 0.15) is 92.4 Å². The SMILES string of the molecule is CCCCCCCCC(=O)C(CC)(CC)N(CC)CC. The molecule has 0 heterocycles. The number of Topliss-reactive ketones (excluding diaryl/α,β-unsaturated/α-hetero) is 1. The predicted molar refractivity (Wildman–Crippen MR) is 89.2 cm³/mol. The minimum Gasteiger partial charge on any atom is -0.298 e. The van der Waals surface area contributed by atoms with Gasteiger partial charge in [0, 0.05) is 6.42 Å². The lowest BCUT2D eigenvalue weighted by molar-refractivity contribution is -0.132. The number of hydrogen-bond acceptors (Lipinski definition) is 2. The molecule has 0 N–H and O–H groups in total. The van der Waals surface area contributed by atoms with Crippen LogP contribution in [-0.4, -0.2) is 29.3 Å². The summed E-state index contributed by atoms with van der Waals surface area (Å²) >= 11 is 0. The highest BCUT2D eigenvalue weighted by Gasteiger charge is 2.38. The number of ketones is 1. The van der Waals surface area contributed by atoms with Crippen molar-refractivity contribution in [1.82, 2.24) is 4.90 Å². The molecule has 0 unspecified atom stereocenters. The molecule has 20 heavy (non-hydrogen) atoms. The topological polar surface area (TPSA) is 20.3 Å². The van der Waals surface area contributed by atoms with Crippen LogP contribution in [0.5, 0.6) is 0 Å². The van der Waals surface area contributed by atoms with Gasteiger partial charge in [0.15, 0.2) is 5.78 Å². The lowest BCUT2D eigenvalue weighted by Crippen LogP contribution is -2.53. The molecule has 0 radical (unpaired) electrons. The molecule has 0 aromatic carbocycles. The molecule has 0 aromatic heterocycles. The zero-order valence-electron chi connectivity index (χ0n) is 14.6. The second-order valence-corrected chi connectivity index (χ2v) is 5.85. The van der Waals surface area contributed by atoms with E-state index in [4.69, 9.17) is 0 Å². The number of carbonyl (C=O) groups is 1. The van der Waals surface area contributed by atoms with Crippen LogP contribution in [-0.2, 0) is 4.79 Å². The van der Waals surface area contributed by atoms with Gasteiger partial charge in [-0.2, -0.15) is 0 Å². The maximum absolute atomic E-state index is 12.7. The first-order valence-electron chi connectivity index (χ1n) is 8.91. The minimum absolute atomic E-state index is 0.201. The molecule has 0 aliphatic rings. The summed E-state index contributed by atoms with van der Waals surface area (Å²) in [5.41, 5.74) is -0.201. The van der Waals surface area contributed by atoms with Gasteiger partial charge < -0.3 is 0 Å². The number of unbranched alkanes of at least 4 members (excludes halogenated alkanes) is 5. The van der Waals surface area contributed by atoms with Crippen molar-refractivity contribution in [2.45, 2.75) is 97.9 Å². The van der Waals surface area contributed by atoms with Gasteiger partial charge in [-0.1, -0.05) is 66.7 Å². The van der Waals surface area contributed by atoms with Crippen LogP contribution in [0.15, 0.2) is 0 Å². The molecule has 0 aromatic rings. The normalized spacial score (nSPS) is 12.1. The second-order valence-electron chi connectivity index (χ2n) is 5.85. The fourth-order valence-electron chi connectivity index (χ4n) is 3.40. The molecule has 0 saturated carbocycles. The molecule has 120 valence electrons. The summed E-state index contributed by atoms with van der Waals surface area (Å²) in [4.78, 5) is 15.1. The standard InChI is InChI=1S/C18H37NO/c1-6-11-12-13-14-15-16-17(20)18(7-2,8-3)19(9-4)10-5/h6-16H2,1-5H3. The first kappa shape index (κ1) is 19.6. The van der Waals surface area contributed by atoms with Gasteiger partial charge in [-0.05, 0) is 32.4 Å². The summed E-state index contributed by atoms with van der Waals surface area (Å²) in [5, 5.41) is 0. The van der Waals surface area contributed by atoms with E-state index in [2.05, 4.69) is 39.5 Å². The minimum atomic E-state index is -0.201. The highest BCUT2D eigenvalue weighted by molar-refractivity contribution is 5.88. The average molecular weight is 284 g/mol. The lowest BCUT2D eigenvalue weighted by Gasteiger charge is -2.41. The molecule has 0 spiro atoms.